The van der Waals surface area contributed by atoms with E-state index in [1.807, 2.05) is 0 Å². The van der Waals surface area contributed by atoms with Gasteiger partial charge >= 0.3 is 0 Å². The summed E-state index contributed by atoms with van der Waals surface area (Å²) in [5.74, 6) is 0.508. The van der Waals surface area contributed by atoms with Gasteiger partial charge in [0.2, 0.25) is 15.9 Å². The second kappa shape index (κ2) is 5.65. The molecule has 1 aliphatic heterocycles. The van der Waals surface area contributed by atoms with Crippen LogP contribution in [0.2, 0.25) is 0 Å². The number of furan rings is 1. The molecule has 1 saturated carbocycles. The van der Waals surface area contributed by atoms with Crippen molar-refractivity contribution < 1.29 is 17.6 Å². The van der Waals surface area contributed by atoms with Crippen molar-refractivity contribution in [2.24, 2.45) is 0 Å². The van der Waals surface area contributed by atoms with Gasteiger partial charge in [-0.2, -0.15) is 4.31 Å². The molecule has 21 heavy (non-hydrogen) atoms. The Hall–Kier alpha value is -1.60. The van der Waals surface area contributed by atoms with E-state index in [0.717, 1.165) is 12.8 Å². The summed E-state index contributed by atoms with van der Waals surface area (Å²) in [5, 5.41) is -0.182. The molecule has 2 heterocycles. The third kappa shape index (κ3) is 3.19. The smallest absolute Gasteiger partial charge is 0.246 e. The summed E-state index contributed by atoms with van der Waals surface area (Å²) >= 11 is 0. The molecule has 0 spiro atoms. The van der Waals surface area contributed by atoms with Crippen LogP contribution < -0.4 is 0 Å². The molecule has 1 saturated heterocycles. The van der Waals surface area contributed by atoms with Crippen molar-refractivity contribution in [3.63, 3.8) is 0 Å². The predicted octanol–water partition coefficient (Wildman–Crippen LogP) is 0.929. The van der Waals surface area contributed by atoms with Gasteiger partial charge in [0.15, 0.2) is 0 Å². The van der Waals surface area contributed by atoms with Gasteiger partial charge in [-0.25, -0.2) is 8.42 Å². The van der Waals surface area contributed by atoms with E-state index in [1.165, 1.54) is 10.4 Å². The van der Waals surface area contributed by atoms with Crippen LogP contribution in [-0.4, -0.2) is 55.0 Å². The monoisotopic (exact) mass is 310 g/mol. The van der Waals surface area contributed by atoms with E-state index in [2.05, 4.69) is 0 Å². The Morgan fingerprint density at radius 2 is 1.95 bits per heavy atom. The molecule has 3 rings (SSSR count). The Balaban J connectivity index is 1.54. The SMILES string of the molecule is O=C(/C=C/c1ccco1)N1CCN(S(=O)(=O)C2CC2)CC1. The number of piperazine rings is 1. The fourth-order valence-electron chi connectivity index (χ4n) is 2.38. The highest BCUT2D eigenvalue weighted by Gasteiger charge is 2.41. The zero-order valence-corrected chi connectivity index (χ0v) is 12.5. The van der Waals surface area contributed by atoms with Gasteiger partial charge in [0.1, 0.15) is 5.76 Å². The van der Waals surface area contributed by atoms with E-state index in [-0.39, 0.29) is 11.2 Å². The summed E-state index contributed by atoms with van der Waals surface area (Å²) < 4.78 is 30.8. The van der Waals surface area contributed by atoms with E-state index in [0.29, 0.717) is 31.9 Å². The first kappa shape index (κ1) is 14.3. The van der Waals surface area contributed by atoms with Crippen LogP contribution in [0.4, 0.5) is 0 Å². The molecule has 7 heteroatoms. The van der Waals surface area contributed by atoms with Gasteiger partial charge in [-0.1, -0.05) is 0 Å². The van der Waals surface area contributed by atoms with Crippen LogP contribution in [0, 0.1) is 0 Å². The molecule has 0 N–H and O–H groups in total. The molecule has 1 aliphatic carbocycles. The number of hydrogen-bond donors (Lipinski definition) is 0. The number of amides is 1. The molecule has 0 radical (unpaired) electrons. The zero-order chi connectivity index (χ0) is 14.9. The highest BCUT2D eigenvalue weighted by atomic mass is 32.2. The van der Waals surface area contributed by atoms with Crippen LogP contribution in [-0.2, 0) is 14.8 Å². The third-order valence-electron chi connectivity index (χ3n) is 3.79. The minimum atomic E-state index is -3.12. The summed E-state index contributed by atoms with van der Waals surface area (Å²) in [6, 6.07) is 3.52. The largest absolute Gasteiger partial charge is 0.465 e. The van der Waals surface area contributed by atoms with Gasteiger partial charge < -0.3 is 9.32 Å². The van der Waals surface area contributed by atoms with Crippen LogP contribution in [0.3, 0.4) is 0 Å². The molecule has 0 atom stereocenters. The summed E-state index contributed by atoms with van der Waals surface area (Å²) in [5.41, 5.74) is 0. The minimum Gasteiger partial charge on any atom is -0.465 e. The first-order chi connectivity index (χ1) is 10.1. The molecular formula is C14H18N2O4S. The third-order valence-corrected chi connectivity index (χ3v) is 6.19. The molecule has 114 valence electrons. The lowest BCUT2D eigenvalue weighted by Crippen LogP contribution is -2.50. The highest BCUT2D eigenvalue weighted by molar-refractivity contribution is 7.90. The van der Waals surface area contributed by atoms with E-state index in [1.54, 1.807) is 29.4 Å². The van der Waals surface area contributed by atoms with Crippen molar-refractivity contribution in [2.45, 2.75) is 18.1 Å². The van der Waals surface area contributed by atoms with Gasteiger partial charge in [0, 0.05) is 32.3 Å². The van der Waals surface area contributed by atoms with Crippen molar-refractivity contribution >= 4 is 22.0 Å². The Kier molecular flexibility index (Phi) is 3.86. The summed E-state index contributed by atoms with van der Waals surface area (Å²) in [4.78, 5) is 13.7. The normalized spacial score (nSPS) is 21.0. The van der Waals surface area contributed by atoms with Crippen molar-refractivity contribution in [3.8, 4) is 0 Å². The van der Waals surface area contributed by atoms with E-state index in [4.69, 9.17) is 4.42 Å². The highest BCUT2D eigenvalue weighted by Crippen LogP contribution is 2.31. The van der Waals surface area contributed by atoms with Crippen LogP contribution in [0.25, 0.3) is 6.08 Å². The van der Waals surface area contributed by atoms with Gasteiger partial charge in [0.25, 0.3) is 0 Å². The molecule has 2 fully saturated rings. The number of carbonyl (C=O) groups is 1. The number of hydrogen-bond acceptors (Lipinski definition) is 4. The Labute approximate surface area is 124 Å². The van der Waals surface area contributed by atoms with Gasteiger partial charge in [-0.05, 0) is 31.1 Å². The molecule has 0 bridgehead atoms. The molecule has 0 unspecified atom stereocenters. The van der Waals surface area contributed by atoms with E-state index < -0.39 is 10.0 Å². The Morgan fingerprint density at radius 3 is 2.52 bits per heavy atom. The lowest BCUT2D eigenvalue weighted by atomic mass is 10.3. The molecule has 1 aromatic heterocycles. The summed E-state index contributed by atoms with van der Waals surface area (Å²) in [7, 11) is -3.12. The Morgan fingerprint density at radius 1 is 1.24 bits per heavy atom. The molecule has 1 aromatic rings. The van der Waals surface area contributed by atoms with E-state index in [9.17, 15) is 13.2 Å². The first-order valence-corrected chi connectivity index (χ1v) is 8.57. The quantitative estimate of drug-likeness (QED) is 0.776. The number of sulfonamides is 1. The van der Waals surface area contributed by atoms with Crippen LogP contribution >= 0.6 is 0 Å². The molecule has 2 aliphatic rings. The van der Waals surface area contributed by atoms with E-state index >= 15 is 0 Å². The fraction of sp³-hybridized carbons (Fsp3) is 0.500. The summed E-state index contributed by atoms with van der Waals surface area (Å²) in [6.07, 6.45) is 6.17. The second-order valence-electron chi connectivity index (χ2n) is 5.32. The molecule has 6 nitrogen and oxygen atoms in total. The Bertz CT molecular complexity index is 624. The zero-order valence-electron chi connectivity index (χ0n) is 11.6. The number of carbonyl (C=O) groups excluding carboxylic acids is 1. The van der Waals surface area contributed by atoms with Crippen molar-refractivity contribution in [2.75, 3.05) is 26.2 Å². The first-order valence-electron chi connectivity index (χ1n) is 7.07. The summed E-state index contributed by atoms with van der Waals surface area (Å²) in [6.45, 7) is 1.65. The van der Waals surface area contributed by atoms with Crippen LogP contribution in [0.1, 0.15) is 18.6 Å². The number of nitrogens with zero attached hydrogens (tertiary/aromatic N) is 2. The fourth-order valence-corrected chi connectivity index (χ4v) is 4.21. The van der Waals surface area contributed by atoms with Crippen LogP contribution in [0.15, 0.2) is 28.9 Å². The lowest BCUT2D eigenvalue weighted by molar-refractivity contribution is -0.127. The maximum absolute atomic E-state index is 12.1. The maximum atomic E-state index is 12.1. The maximum Gasteiger partial charge on any atom is 0.246 e. The number of rotatable bonds is 4. The topological polar surface area (TPSA) is 70.8 Å². The average Bonchev–Trinajstić information content (AvgIpc) is 3.23. The van der Waals surface area contributed by atoms with Gasteiger partial charge in [-0.3, -0.25) is 4.79 Å². The predicted molar refractivity (Wildman–Crippen MR) is 77.8 cm³/mol. The van der Waals surface area contributed by atoms with Gasteiger partial charge in [-0.15, -0.1) is 0 Å². The van der Waals surface area contributed by atoms with Crippen molar-refractivity contribution in [1.82, 2.24) is 9.21 Å². The molecule has 1 amide bonds. The van der Waals surface area contributed by atoms with Crippen LogP contribution in [0.5, 0.6) is 0 Å². The average molecular weight is 310 g/mol. The lowest BCUT2D eigenvalue weighted by Gasteiger charge is -2.33. The van der Waals surface area contributed by atoms with Crippen molar-refractivity contribution in [3.05, 3.63) is 30.2 Å². The van der Waals surface area contributed by atoms with Gasteiger partial charge in [0.05, 0.1) is 11.5 Å². The second-order valence-corrected chi connectivity index (χ2v) is 7.53. The van der Waals surface area contributed by atoms with Crippen molar-refractivity contribution in [1.29, 1.82) is 0 Å². The standard InChI is InChI=1S/C14H18N2O4S/c17-14(6-3-12-2-1-11-20-12)15-7-9-16(10-8-15)21(18,19)13-4-5-13/h1-3,6,11,13H,4-5,7-10H2/b6-3+. The molecular weight excluding hydrogens is 292 g/mol. The minimum absolute atomic E-state index is 0.116. The molecule has 0 aromatic carbocycles.